The lowest BCUT2D eigenvalue weighted by Gasteiger charge is -2.09. The van der Waals surface area contributed by atoms with Crippen LogP contribution in [0.5, 0.6) is 0 Å². The first-order valence-corrected chi connectivity index (χ1v) is 9.26. The van der Waals surface area contributed by atoms with Crippen molar-refractivity contribution in [3.8, 4) is 0 Å². The van der Waals surface area contributed by atoms with E-state index in [1.165, 1.54) is 0 Å². The Hall–Kier alpha value is -3.35. The molecule has 7 nitrogen and oxygen atoms in total. The van der Waals surface area contributed by atoms with Gasteiger partial charge in [0.2, 0.25) is 0 Å². The second-order valence-electron chi connectivity index (χ2n) is 7.14. The first-order chi connectivity index (χ1) is 13.6. The van der Waals surface area contributed by atoms with Crippen molar-refractivity contribution in [2.24, 2.45) is 0 Å². The van der Waals surface area contributed by atoms with Gasteiger partial charge < -0.3 is 9.26 Å². The van der Waals surface area contributed by atoms with E-state index in [2.05, 4.69) is 20.1 Å². The zero-order chi connectivity index (χ0) is 19.3. The van der Waals surface area contributed by atoms with E-state index in [-0.39, 0.29) is 6.61 Å². The molecule has 140 valence electrons. The molecular weight excluding hydrogens is 356 g/mol. The van der Waals surface area contributed by atoms with Gasteiger partial charge in [-0.2, -0.15) is 0 Å². The van der Waals surface area contributed by atoms with Gasteiger partial charge in [0.15, 0.2) is 0 Å². The van der Waals surface area contributed by atoms with Crippen molar-refractivity contribution in [3.63, 3.8) is 0 Å². The first kappa shape index (κ1) is 16.8. The monoisotopic (exact) mass is 374 g/mol. The average Bonchev–Trinajstić information content (AvgIpc) is 3.49. The predicted octanol–water partition coefficient (Wildman–Crippen LogP) is 4.02. The SMILES string of the molecule is Cc1nc2ccccc2nc1COC(=O)c1cc(C2CC2)nc2onc(C)c12. The molecule has 1 aromatic carbocycles. The van der Waals surface area contributed by atoms with Crippen molar-refractivity contribution >= 4 is 28.1 Å². The number of nitrogens with zero attached hydrogens (tertiary/aromatic N) is 4. The summed E-state index contributed by atoms with van der Waals surface area (Å²) in [6.07, 6.45) is 2.15. The molecule has 1 aliphatic carbocycles. The second kappa shape index (κ2) is 6.37. The molecule has 3 aromatic heterocycles. The van der Waals surface area contributed by atoms with Crippen molar-refractivity contribution in [3.05, 3.63) is 58.7 Å². The van der Waals surface area contributed by atoms with Gasteiger partial charge in [-0.25, -0.2) is 19.7 Å². The van der Waals surface area contributed by atoms with E-state index in [1.807, 2.05) is 37.3 Å². The zero-order valence-corrected chi connectivity index (χ0v) is 15.6. The summed E-state index contributed by atoms with van der Waals surface area (Å²) in [5.41, 5.74) is 5.28. The number of hydrogen-bond acceptors (Lipinski definition) is 7. The van der Waals surface area contributed by atoms with Crippen molar-refractivity contribution in [1.82, 2.24) is 20.1 Å². The number of ether oxygens (including phenoxy) is 1. The van der Waals surface area contributed by atoms with Gasteiger partial charge in [-0.1, -0.05) is 17.3 Å². The standard InChI is InChI=1S/C21H18N4O3/c1-11-18(23-16-6-4-3-5-15(16)22-11)10-27-21(26)14-9-17(13-7-8-13)24-20-19(14)12(2)25-28-20/h3-6,9,13H,7-8,10H2,1-2H3. The molecule has 1 fully saturated rings. The Bertz CT molecular complexity index is 1230. The third-order valence-corrected chi connectivity index (χ3v) is 5.04. The summed E-state index contributed by atoms with van der Waals surface area (Å²) < 4.78 is 10.9. The number of carbonyl (C=O) groups is 1. The molecule has 5 rings (SSSR count). The molecule has 28 heavy (non-hydrogen) atoms. The number of esters is 1. The van der Waals surface area contributed by atoms with Gasteiger partial charge in [0.25, 0.3) is 5.71 Å². The fraction of sp³-hybridized carbons (Fsp3) is 0.286. The first-order valence-electron chi connectivity index (χ1n) is 9.26. The Kier molecular flexibility index (Phi) is 3.82. The van der Waals surface area contributed by atoms with Crippen LogP contribution in [0.4, 0.5) is 0 Å². The van der Waals surface area contributed by atoms with Crippen LogP contribution in [0.25, 0.3) is 22.1 Å². The highest BCUT2D eigenvalue weighted by atomic mass is 16.5. The molecule has 0 N–H and O–H groups in total. The Labute approximate surface area is 160 Å². The minimum absolute atomic E-state index is 0.0510. The third-order valence-electron chi connectivity index (χ3n) is 5.04. The molecule has 0 radical (unpaired) electrons. The number of para-hydroxylation sites is 2. The summed E-state index contributed by atoms with van der Waals surface area (Å²) in [4.78, 5) is 26.5. The molecule has 0 amide bonds. The highest BCUT2D eigenvalue weighted by molar-refractivity contribution is 6.03. The van der Waals surface area contributed by atoms with Crippen molar-refractivity contribution in [1.29, 1.82) is 0 Å². The fourth-order valence-electron chi connectivity index (χ4n) is 3.34. The largest absolute Gasteiger partial charge is 0.455 e. The van der Waals surface area contributed by atoms with E-state index in [9.17, 15) is 4.79 Å². The van der Waals surface area contributed by atoms with E-state index < -0.39 is 5.97 Å². The maximum atomic E-state index is 12.9. The number of aromatic nitrogens is 4. The zero-order valence-electron chi connectivity index (χ0n) is 15.6. The van der Waals surface area contributed by atoms with E-state index in [1.54, 1.807) is 6.92 Å². The van der Waals surface area contributed by atoms with Crippen molar-refractivity contribution < 1.29 is 14.1 Å². The Morgan fingerprint density at radius 2 is 1.86 bits per heavy atom. The van der Waals surface area contributed by atoms with Crippen LogP contribution in [0.1, 0.15) is 51.9 Å². The van der Waals surface area contributed by atoms with Crippen LogP contribution in [-0.2, 0) is 11.3 Å². The topological polar surface area (TPSA) is 91.0 Å². The highest BCUT2D eigenvalue weighted by Gasteiger charge is 2.29. The lowest BCUT2D eigenvalue weighted by molar-refractivity contribution is 0.0469. The van der Waals surface area contributed by atoms with E-state index >= 15 is 0 Å². The van der Waals surface area contributed by atoms with E-state index in [0.717, 1.165) is 35.3 Å². The summed E-state index contributed by atoms with van der Waals surface area (Å²) in [7, 11) is 0. The van der Waals surface area contributed by atoms with Crippen molar-refractivity contribution in [2.45, 2.75) is 39.2 Å². The molecule has 1 saturated carbocycles. The summed E-state index contributed by atoms with van der Waals surface area (Å²) in [5.74, 6) is -0.0510. The quantitative estimate of drug-likeness (QED) is 0.498. The van der Waals surface area contributed by atoms with Gasteiger partial charge in [-0.15, -0.1) is 0 Å². The lowest BCUT2D eigenvalue weighted by atomic mass is 10.1. The van der Waals surface area contributed by atoms with Crippen LogP contribution >= 0.6 is 0 Å². The molecule has 1 aliphatic rings. The molecular formula is C21H18N4O3. The number of hydrogen-bond donors (Lipinski definition) is 0. The molecule has 4 aromatic rings. The average molecular weight is 374 g/mol. The minimum atomic E-state index is -0.435. The van der Waals surface area contributed by atoms with Gasteiger partial charge in [-0.05, 0) is 44.9 Å². The number of pyridine rings is 1. The number of rotatable bonds is 4. The minimum Gasteiger partial charge on any atom is -0.455 e. The predicted molar refractivity (Wildman–Crippen MR) is 102 cm³/mol. The summed E-state index contributed by atoms with van der Waals surface area (Å²) in [5, 5.41) is 4.57. The van der Waals surface area contributed by atoms with Crippen molar-refractivity contribution in [2.75, 3.05) is 0 Å². The van der Waals surface area contributed by atoms with Gasteiger partial charge >= 0.3 is 5.97 Å². The van der Waals surface area contributed by atoms with Crippen LogP contribution in [0.2, 0.25) is 0 Å². The molecule has 0 saturated heterocycles. The number of aryl methyl sites for hydroxylation is 2. The van der Waals surface area contributed by atoms with Gasteiger partial charge in [0.1, 0.15) is 6.61 Å². The smallest absolute Gasteiger partial charge is 0.339 e. The van der Waals surface area contributed by atoms with Crippen LogP contribution in [0.15, 0.2) is 34.9 Å². The Morgan fingerprint density at radius 3 is 2.61 bits per heavy atom. The van der Waals surface area contributed by atoms with Gasteiger partial charge in [0.05, 0.1) is 39.1 Å². The second-order valence-corrected chi connectivity index (χ2v) is 7.14. The molecule has 0 bridgehead atoms. The Balaban J connectivity index is 1.46. The number of carbonyl (C=O) groups excluding carboxylic acids is 1. The maximum Gasteiger partial charge on any atom is 0.339 e. The summed E-state index contributed by atoms with van der Waals surface area (Å²) >= 11 is 0. The van der Waals surface area contributed by atoms with Gasteiger partial charge in [-0.3, -0.25) is 0 Å². The molecule has 0 spiro atoms. The van der Waals surface area contributed by atoms with Crippen LogP contribution in [-0.4, -0.2) is 26.1 Å². The normalized spacial score (nSPS) is 13.9. The van der Waals surface area contributed by atoms with Crippen LogP contribution in [0, 0.1) is 13.8 Å². The lowest BCUT2D eigenvalue weighted by Crippen LogP contribution is -2.10. The highest BCUT2D eigenvalue weighted by Crippen LogP contribution is 2.40. The fourth-order valence-corrected chi connectivity index (χ4v) is 3.34. The molecule has 0 aliphatic heterocycles. The Morgan fingerprint density at radius 1 is 1.11 bits per heavy atom. The van der Waals surface area contributed by atoms with Crippen LogP contribution in [0.3, 0.4) is 0 Å². The molecule has 0 unspecified atom stereocenters. The molecule has 3 heterocycles. The third kappa shape index (κ3) is 2.89. The number of benzene rings is 1. The maximum absolute atomic E-state index is 12.9. The molecule has 7 heteroatoms. The number of fused-ring (bicyclic) bond motifs is 2. The summed E-state index contributed by atoms with van der Waals surface area (Å²) in [6, 6.07) is 9.44. The van der Waals surface area contributed by atoms with Crippen LogP contribution < -0.4 is 0 Å². The molecule has 0 atom stereocenters. The van der Waals surface area contributed by atoms with E-state index in [4.69, 9.17) is 9.26 Å². The van der Waals surface area contributed by atoms with E-state index in [0.29, 0.717) is 34.0 Å². The van der Waals surface area contributed by atoms with Gasteiger partial charge in [0, 0.05) is 11.6 Å². The summed E-state index contributed by atoms with van der Waals surface area (Å²) in [6.45, 7) is 3.71.